The van der Waals surface area contributed by atoms with E-state index in [0.717, 1.165) is 21.9 Å². The number of methoxy groups -OCH3 is 1. The minimum Gasteiger partial charge on any atom is -0.497 e. The molecule has 0 bridgehead atoms. The van der Waals surface area contributed by atoms with E-state index in [1.54, 1.807) is 56.5 Å². The van der Waals surface area contributed by atoms with Crippen LogP contribution in [-0.4, -0.2) is 50.9 Å². The number of anilines is 1. The van der Waals surface area contributed by atoms with Gasteiger partial charge in [-0.1, -0.05) is 63.2 Å². The first-order valence-corrected chi connectivity index (χ1v) is 15.3. The number of nitrogens with one attached hydrogen (secondary N) is 1. The Morgan fingerprint density at radius 2 is 1.49 bits per heavy atom. The molecule has 0 aliphatic rings. The van der Waals surface area contributed by atoms with Crippen molar-refractivity contribution in [2.45, 2.75) is 70.5 Å². The van der Waals surface area contributed by atoms with Gasteiger partial charge >= 0.3 is 0 Å². The summed E-state index contributed by atoms with van der Waals surface area (Å²) in [5.41, 5.74) is 2.20. The van der Waals surface area contributed by atoms with Crippen LogP contribution in [0.15, 0.2) is 83.8 Å². The van der Waals surface area contributed by atoms with Crippen molar-refractivity contribution in [2.75, 3.05) is 18.0 Å². The number of carbonyl (C=O) groups is 2. The average molecular weight is 580 g/mol. The van der Waals surface area contributed by atoms with E-state index >= 15 is 0 Å². The van der Waals surface area contributed by atoms with Gasteiger partial charge in [-0.2, -0.15) is 0 Å². The molecule has 8 nitrogen and oxygen atoms in total. The summed E-state index contributed by atoms with van der Waals surface area (Å²) in [7, 11) is -2.53. The fraction of sp³-hybridized carbons (Fsp3) is 0.375. The lowest BCUT2D eigenvalue weighted by Crippen LogP contribution is -2.52. The first-order valence-electron chi connectivity index (χ1n) is 13.9. The molecule has 3 aromatic carbocycles. The number of benzene rings is 3. The zero-order valence-corrected chi connectivity index (χ0v) is 25.5. The summed E-state index contributed by atoms with van der Waals surface area (Å²) in [6.07, 6.45) is 0.736. The Morgan fingerprint density at radius 1 is 0.878 bits per heavy atom. The number of sulfonamides is 1. The van der Waals surface area contributed by atoms with Crippen molar-refractivity contribution in [2.24, 2.45) is 0 Å². The van der Waals surface area contributed by atoms with E-state index in [4.69, 9.17) is 4.74 Å². The molecule has 3 rings (SSSR count). The van der Waals surface area contributed by atoms with Crippen molar-refractivity contribution in [3.8, 4) is 5.75 Å². The van der Waals surface area contributed by atoms with Gasteiger partial charge in [0.15, 0.2) is 0 Å². The minimum atomic E-state index is -4.10. The monoisotopic (exact) mass is 579 g/mol. The van der Waals surface area contributed by atoms with E-state index < -0.39 is 28.5 Å². The first-order chi connectivity index (χ1) is 19.5. The third kappa shape index (κ3) is 8.10. The molecule has 0 aliphatic heterocycles. The summed E-state index contributed by atoms with van der Waals surface area (Å²) >= 11 is 0. The Balaban J connectivity index is 2.02. The van der Waals surface area contributed by atoms with Crippen LogP contribution in [0.3, 0.4) is 0 Å². The number of hydrogen-bond acceptors (Lipinski definition) is 5. The molecule has 41 heavy (non-hydrogen) atoms. The molecule has 0 unspecified atom stereocenters. The van der Waals surface area contributed by atoms with E-state index in [1.165, 1.54) is 17.0 Å². The first kappa shape index (κ1) is 31.7. The standard InChI is InChI=1S/C32H41N3O5S/c1-7-24(4)33-32(37)25(5)34(21-26-13-19-29(40-6)20-14-26)31(36)22-35(28-17-15-27(16-18-28)23(2)3)41(38,39)30-11-9-8-10-12-30/h8-20,23-25H,7,21-22H2,1-6H3,(H,33,37)/t24-,25-/m0/s1. The molecule has 2 atom stereocenters. The van der Waals surface area contributed by atoms with Crippen molar-refractivity contribution in [1.82, 2.24) is 10.2 Å². The maximum Gasteiger partial charge on any atom is 0.264 e. The Bertz CT molecular complexity index is 1390. The van der Waals surface area contributed by atoms with Gasteiger partial charge in [-0.25, -0.2) is 8.42 Å². The molecular formula is C32H41N3O5S. The summed E-state index contributed by atoms with van der Waals surface area (Å²) in [5, 5.41) is 2.94. The van der Waals surface area contributed by atoms with Gasteiger partial charge in [-0.05, 0) is 73.7 Å². The molecule has 3 aromatic rings. The minimum absolute atomic E-state index is 0.0719. The molecule has 0 saturated heterocycles. The molecule has 1 N–H and O–H groups in total. The van der Waals surface area contributed by atoms with Gasteiger partial charge in [-0.3, -0.25) is 13.9 Å². The number of ether oxygens (including phenoxy) is 1. The van der Waals surface area contributed by atoms with Crippen LogP contribution in [-0.2, 0) is 26.2 Å². The van der Waals surface area contributed by atoms with Crippen LogP contribution < -0.4 is 14.4 Å². The van der Waals surface area contributed by atoms with Gasteiger partial charge in [0.2, 0.25) is 11.8 Å². The van der Waals surface area contributed by atoms with Gasteiger partial charge < -0.3 is 15.0 Å². The smallest absolute Gasteiger partial charge is 0.264 e. The maximum absolute atomic E-state index is 14.0. The number of rotatable bonds is 13. The van der Waals surface area contributed by atoms with Crippen molar-refractivity contribution in [1.29, 1.82) is 0 Å². The van der Waals surface area contributed by atoms with Crippen molar-refractivity contribution in [3.63, 3.8) is 0 Å². The maximum atomic E-state index is 14.0. The van der Waals surface area contributed by atoms with Crippen molar-refractivity contribution in [3.05, 3.63) is 90.0 Å². The van der Waals surface area contributed by atoms with Crippen LogP contribution in [0.5, 0.6) is 5.75 Å². The number of nitrogens with zero attached hydrogens (tertiary/aromatic N) is 2. The van der Waals surface area contributed by atoms with E-state index in [-0.39, 0.29) is 29.3 Å². The van der Waals surface area contributed by atoms with Crippen molar-refractivity contribution >= 4 is 27.5 Å². The quantitative estimate of drug-likeness (QED) is 0.295. The third-order valence-electron chi connectivity index (χ3n) is 7.14. The summed E-state index contributed by atoms with van der Waals surface area (Å²) in [5.74, 6) is 0.119. The van der Waals surface area contributed by atoms with Crippen molar-refractivity contribution < 1.29 is 22.7 Å². The highest BCUT2D eigenvalue weighted by Crippen LogP contribution is 2.27. The normalized spacial score (nSPS) is 12.9. The van der Waals surface area contributed by atoms with Gasteiger partial charge in [-0.15, -0.1) is 0 Å². The molecule has 0 spiro atoms. The highest BCUT2D eigenvalue weighted by molar-refractivity contribution is 7.92. The SMILES string of the molecule is CC[C@H](C)NC(=O)[C@H](C)N(Cc1ccc(OC)cc1)C(=O)CN(c1ccc(C(C)C)cc1)S(=O)(=O)c1ccccc1. The zero-order valence-electron chi connectivity index (χ0n) is 24.7. The van der Waals surface area contributed by atoms with Gasteiger partial charge in [0.1, 0.15) is 18.3 Å². The highest BCUT2D eigenvalue weighted by Gasteiger charge is 2.32. The van der Waals surface area contributed by atoms with Crippen LogP contribution >= 0.6 is 0 Å². The molecular weight excluding hydrogens is 538 g/mol. The Kier molecular flexibility index (Phi) is 10.9. The molecule has 0 saturated carbocycles. The lowest BCUT2D eigenvalue weighted by molar-refractivity contribution is -0.139. The predicted octanol–water partition coefficient (Wildman–Crippen LogP) is 5.35. The summed E-state index contributed by atoms with van der Waals surface area (Å²) in [6, 6.07) is 21.5. The average Bonchev–Trinajstić information content (AvgIpc) is 2.98. The lowest BCUT2D eigenvalue weighted by atomic mass is 10.0. The number of hydrogen-bond donors (Lipinski definition) is 1. The van der Waals surface area contributed by atoms with Crippen LogP contribution in [0, 0.1) is 0 Å². The van der Waals surface area contributed by atoms with Gasteiger partial charge in [0, 0.05) is 12.6 Å². The second-order valence-electron chi connectivity index (χ2n) is 10.4. The number of amides is 2. The molecule has 220 valence electrons. The van der Waals surface area contributed by atoms with Crippen LogP contribution in [0.4, 0.5) is 5.69 Å². The van der Waals surface area contributed by atoms with Gasteiger partial charge in [0.25, 0.3) is 10.0 Å². The molecule has 0 fully saturated rings. The third-order valence-corrected chi connectivity index (χ3v) is 8.93. The molecule has 0 aromatic heterocycles. The fourth-order valence-corrected chi connectivity index (χ4v) is 5.68. The van der Waals surface area contributed by atoms with Gasteiger partial charge in [0.05, 0.1) is 17.7 Å². The van der Waals surface area contributed by atoms with E-state index in [0.29, 0.717) is 11.4 Å². The summed E-state index contributed by atoms with van der Waals surface area (Å²) in [4.78, 5) is 28.7. The fourth-order valence-electron chi connectivity index (χ4n) is 4.25. The van der Waals surface area contributed by atoms with Crippen LogP contribution in [0.2, 0.25) is 0 Å². The van der Waals surface area contributed by atoms with Crippen LogP contribution in [0.1, 0.15) is 58.1 Å². The Labute approximate surface area is 244 Å². The van der Waals surface area contributed by atoms with Crippen LogP contribution in [0.25, 0.3) is 0 Å². The molecule has 2 amide bonds. The summed E-state index contributed by atoms with van der Waals surface area (Å²) < 4.78 is 34.1. The molecule has 9 heteroatoms. The van der Waals surface area contributed by atoms with E-state index in [1.807, 2.05) is 38.1 Å². The lowest BCUT2D eigenvalue weighted by Gasteiger charge is -2.32. The summed E-state index contributed by atoms with van der Waals surface area (Å²) in [6.45, 7) is 9.27. The predicted molar refractivity (Wildman–Crippen MR) is 162 cm³/mol. The molecule has 0 radical (unpaired) electrons. The van der Waals surface area contributed by atoms with E-state index in [9.17, 15) is 18.0 Å². The largest absolute Gasteiger partial charge is 0.497 e. The second-order valence-corrected chi connectivity index (χ2v) is 12.3. The molecule has 0 heterocycles. The highest BCUT2D eigenvalue weighted by atomic mass is 32.2. The molecule has 0 aliphatic carbocycles. The van der Waals surface area contributed by atoms with E-state index in [2.05, 4.69) is 19.2 Å². The second kappa shape index (κ2) is 14.2. The zero-order chi connectivity index (χ0) is 30.2. The topological polar surface area (TPSA) is 96.0 Å². The Hall–Kier alpha value is -3.85. The number of carbonyl (C=O) groups excluding carboxylic acids is 2. The Morgan fingerprint density at radius 3 is 2.02 bits per heavy atom.